The second-order valence-electron chi connectivity index (χ2n) is 3.97. The minimum Gasteiger partial charge on any atom is -0.379 e. The van der Waals surface area contributed by atoms with E-state index in [1.165, 1.54) is 6.07 Å². The maximum absolute atomic E-state index is 13.7. The zero-order valence-corrected chi connectivity index (χ0v) is 9.43. The van der Waals surface area contributed by atoms with E-state index in [0.29, 0.717) is 31.9 Å². The molecule has 2 N–H and O–H groups in total. The first-order valence-electron chi connectivity index (χ1n) is 5.55. The largest absolute Gasteiger partial charge is 0.379 e. The van der Waals surface area contributed by atoms with Crippen molar-refractivity contribution in [2.75, 3.05) is 26.3 Å². The lowest BCUT2D eigenvalue weighted by molar-refractivity contribution is -0.125. The lowest BCUT2D eigenvalue weighted by atomic mass is 10.0. The highest BCUT2D eigenvalue weighted by Gasteiger charge is 2.29. The summed E-state index contributed by atoms with van der Waals surface area (Å²) in [7, 11) is 0. The molecule has 1 unspecified atom stereocenters. The van der Waals surface area contributed by atoms with Crippen molar-refractivity contribution in [2.45, 2.75) is 6.04 Å². The Bertz CT molecular complexity index is 405. The Hall–Kier alpha value is -1.46. The van der Waals surface area contributed by atoms with Crippen molar-refractivity contribution >= 4 is 5.91 Å². The number of primary amides is 1. The van der Waals surface area contributed by atoms with Crippen LogP contribution in [-0.2, 0) is 9.53 Å². The normalized spacial score (nSPS) is 18.9. The highest BCUT2D eigenvalue weighted by molar-refractivity contribution is 5.81. The average Bonchev–Trinajstić information content (AvgIpc) is 2.33. The Morgan fingerprint density at radius 2 is 2.00 bits per heavy atom. The second-order valence-corrected chi connectivity index (χ2v) is 3.97. The lowest BCUT2D eigenvalue weighted by Crippen LogP contribution is -2.44. The summed E-state index contributed by atoms with van der Waals surface area (Å²) in [6.07, 6.45) is 0. The molecule has 0 aliphatic carbocycles. The SMILES string of the molecule is NC(=O)C(c1ccccc1F)N1CCOCC1. The van der Waals surface area contributed by atoms with Gasteiger partial charge in [-0.05, 0) is 6.07 Å². The molecule has 0 spiro atoms. The topological polar surface area (TPSA) is 55.6 Å². The predicted octanol–water partition coefficient (Wildman–Crippen LogP) is 0.684. The number of ether oxygens (including phenoxy) is 1. The number of carbonyl (C=O) groups is 1. The van der Waals surface area contributed by atoms with Crippen LogP contribution >= 0.6 is 0 Å². The summed E-state index contributed by atoms with van der Waals surface area (Å²) in [6.45, 7) is 2.25. The van der Waals surface area contributed by atoms with Crippen molar-refractivity contribution in [2.24, 2.45) is 5.73 Å². The standard InChI is InChI=1S/C12H15FN2O2/c13-10-4-2-1-3-9(10)11(12(14)16)15-5-7-17-8-6-15/h1-4,11H,5-8H2,(H2,14,16). The van der Waals surface area contributed by atoms with Crippen LogP contribution in [0.5, 0.6) is 0 Å². The van der Waals surface area contributed by atoms with Crippen molar-refractivity contribution in [1.82, 2.24) is 4.90 Å². The van der Waals surface area contributed by atoms with Gasteiger partial charge in [0, 0.05) is 18.7 Å². The van der Waals surface area contributed by atoms with Gasteiger partial charge in [-0.2, -0.15) is 0 Å². The number of halogens is 1. The number of carbonyl (C=O) groups excluding carboxylic acids is 1. The van der Waals surface area contributed by atoms with Gasteiger partial charge in [0.05, 0.1) is 13.2 Å². The van der Waals surface area contributed by atoms with E-state index in [4.69, 9.17) is 10.5 Å². The van der Waals surface area contributed by atoms with Gasteiger partial charge in [-0.15, -0.1) is 0 Å². The van der Waals surface area contributed by atoms with Gasteiger partial charge in [-0.1, -0.05) is 18.2 Å². The Morgan fingerprint density at radius 1 is 1.35 bits per heavy atom. The maximum atomic E-state index is 13.7. The summed E-state index contributed by atoms with van der Waals surface area (Å²) in [4.78, 5) is 13.4. The van der Waals surface area contributed by atoms with E-state index in [1.54, 1.807) is 18.2 Å². The molecule has 1 aromatic carbocycles. The fourth-order valence-corrected chi connectivity index (χ4v) is 2.06. The molecule has 1 atom stereocenters. The molecule has 1 aliphatic rings. The molecule has 1 fully saturated rings. The number of amides is 1. The third-order valence-electron chi connectivity index (χ3n) is 2.88. The van der Waals surface area contributed by atoms with E-state index in [0.717, 1.165) is 0 Å². The molecule has 1 amide bonds. The Labute approximate surface area is 99.2 Å². The number of nitrogens with two attached hydrogens (primary N) is 1. The number of morpholine rings is 1. The molecule has 1 aliphatic heterocycles. The monoisotopic (exact) mass is 238 g/mol. The highest BCUT2D eigenvalue weighted by Crippen LogP contribution is 2.23. The molecule has 2 rings (SSSR count). The molecule has 0 saturated carbocycles. The third-order valence-corrected chi connectivity index (χ3v) is 2.88. The second kappa shape index (κ2) is 5.25. The van der Waals surface area contributed by atoms with Crippen LogP contribution in [0.3, 0.4) is 0 Å². The summed E-state index contributed by atoms with van der Waals surface area (Å²) in [5, 5.41) is 0. The van der Waals surface area contributed by atoms with Crippen LogP contribution in [0.4, 0.5) is 4.39 Å². The molecule has 1 aromatic rings. The van der Waals surface area contributed by atoms with Gasteiger partial charge in [0.25, 0.3) is 0 Å². The number of hydrogen-bond donors (Lipinski definition) is 1. The van der Waals surface area contributed by atoms with Gasteiger partial charge < -0.3 is 10.5 Å². The number of nitrogens with zero attached hydrogens (tertiary/aromatic N) is 1. The zero-order valence-electron chi connectivity index (χ0n) is 9.43. The first-order chi connectivity index (χ1) is 8.20. The molecule has 0 aromatic heterocycles. The van der Waals surface area contributed by atoms with Crippen molar-refractivity contribution in [3.8, 4) is 0 Å². The van der Waals surface area contributed by atoms with Gasteiger partial charge >= 0.3 is 0 Å². The van der Waals surface area contributed by atoms with Crippen molar-refractivity contribution < 1.29 is 13.9 Å². The summed E-state index contributed by atoms with van der Waals surface area (Å²) in [5.41, 5.74) is 5.72. The minimum absolute atomic E-state index is 0.335. The van der Waals surface area contributed by atoms with Crippen molar-refractivity contribution in [3.05, 3.63) is 35.6 Å². The number of hydrogen-bond acceptors (Lipinski definition) is 3. The molecule has 0 radical (unpaired) electrons. The summed E-state index contributed by atoms with van der Waals surface area (Å²) in [5.74, 6) is -0.931. The summed E-state index contributed by atoms with van der Waals surface area (Å²) < 4.78 is 18.9. The number of benzene rings is 1. The Morgan fingerprint density at radius 3 is 2.59 bits per heavy atom. The van der Waals surface area contributed by atoms with E-state index >= 15 is 0 Å². The van der Waals surface area contributed by atoms with E-state index in [9.17, 15) is 9.18 Å². The molecule has 1 heterocycles. The molecular formula is C12H15FN2O2. The summed E-state index contributed by atoms with van der Waals surface area (Å²) in [6, 6.07) is 5.52. The van der Waals surface area contributed by atoms with Gasteiger partial charge in [0.1, 0.15) is 11.9 Å². The molecule has 4 nitrogen and oxygen atoms in total. The maximum Gasteiger partial charge on any atom is 0.239 e. The van der Waals surface area contributed by atoms with E-state index in [1.807, 2.05) is 4.90 Å². The van der Waals surface area contributed by atoms with Crippen LogP contribution in [0.15, 0.2) is 24.3 Å². The smallest absolute Gasteiger partial charge is 0.239 e. The van der Waals surface area contributed by atoms with Crippen molar-refractivity contribution in [1.29, 1.82) is 0 Å². The molecule has 0 bridgehead atoms. The molecule has 92 valence electrons. The van der Waals surface area contributed by atoms with Gasteiger partial charge in [-0.3, -0.25) is 9.69 Å². The van der Waals surface area contributed by atoms with Crippen LogP contribution in [0.25, 0.3) is 0 Å². The van der Waals surface area contributed by atoms with Gasteiger partial charge in [0.2, 0.25) is 5.91 Å². The molecular weight excluding hydrogens is 223 g/mol. The fourth-order valence-electron chi connectivity index (χ4n) is 2.06. The lowest BCUT2D eigenvalue weighted by Gasteiger charge is -2.32. The highest BCUT2D eigenvalue weighted by atomic mass is 19.1. The zero-order chi connectivity index (χ0) is 12.3. The van der Waals surface area contributed by atoms with Crippen LogP contribution in [0.2, 0.25) is 0 Å². The first kappa shape index (κ1) is 12.0. The fraction of sp³-hybridized carbons (Fsp3) is 0.417. The Kier molecular flexibility index (Phi) is 3.71. The van der Waals surface area contributed by atoms with Crippen LogP contribution in [0.1, 0.15) is 11.6 Å². The van der Waals surface area contributed by atoms with E-state index < -0.39 is 17.8 Å². The molecule has 5 heteroatoms. The summed E-state index contributed by atoms with van der Waals surface area (Å²) >= 11 is 0. The number of rotatable bonds is 3. The van der Waals surface area contributed by atoms with Gasteiger partial charge in [-0.25, -0.2) is 4.39 Å². The van der Waals surface area contributed by atoms with E-state index in [2.05, 4.69) is 0 Å². The van der Waals surface area contributed by atoms with Gasteiger partial charge in [0.15, 0.2) is 0 Å². The quantitative estimate of drug-likeness (QED) is 0.842. The van der Waals surface area contributed by atoms with Crippen LogP contribution in [-0.4, -0.2) is 37.1 Å². The predicted molar refractivity (Wildman–Crippen MR) is 60.7 cm³/mol. The van der Waals surface area contributed by atoms with Crippen molar-refractivity contribution in [3.63, 3.8) is 0 Å². The minimum atomic E-state index is -0.708. The average molecular weight is 238 g/mol. The van der Waals surface area contributed by atoms with Crippen LogP contribution in [0, 0.1) is 5.82 Å². The van der Waals surface area contributed by atoms with E-state index in [-0.39, 0.29) is 0 Å². The Balaban J connectivity index is 2.28. The van der Waals surface area contributed by atoms with Crippen LogP contribution < -0.4 is 5.73 Å². The molecule has 1 saturated heterocycles. The molecule has 17 heavy (non-hydrogen) atoms. The first-order valence-corrected chi connectivity index (χ1v) is 5.55. The third kappa shape index (κ3) is 2.62.